The molecule has 0 aromatic heterocycles. The van der Waals surface area contributed by atoms with Crippen LogP contribution in [-0.2, 0) is 0 Å². The van der Waals surface area contributed by atoms with Gasteiger partial charge in [-0.1, -0.05) is 31.9 Å². The van der Waals surface area contributed by atoms with Gasteiger partial charge in [0.15, 0.2) is 0 Å². The second-order valence-electron chi connectivity index (χ2n) is 3.15. The molecule has 0 N–H and O–H groups in total. The van der Waals surface area contributed by atoms with Gasteiger partial charge in [0.05, 0.1) is 0 Å². The third-order valence-corrected chi connectivity index (χ3v) is 2.74. The van der Waals surface area contributed by atoms with Gasteiger partial charge in [0, 0.05) is 0 Å². The molecule has 0 aliphatic heterocycles. The Kier molecular flexibility index (Phi) is 2.53. The van der Waals surface area contributed by atoms with Crippen LogP contribution in [0.4, 0.5) is 0 Å². The molecule has 0 spiro atoms. The lowest BCUT2D eigenvalue weighted by Gasteiger charge is -2.32. The molecular weight excluding hydrogens is 120 g/mol. The van der Waals surface area contributed by atoms with Gasteiger partial charge in [-0.3, -0.25) is 0 Å². The minimum absolute atomic E-state index is 0.958. The molecule has 1 atom stereocenters. The van der Waals surface area contributed by atoms with E-state index in [0.29, 0.717) is 0 Å². The third kappa shape index (κ3) is 1.12. The van der Waals surface area contributed by atoms with Crippen molar-refractivity contribution in [1.29, 1.82) is 0 Å². The maximum absolute atomic E-state index is 2.30. The zero-order valence-electron chi connectivity index (χ0n) is 7.41. The molecule has 0 radical (unpaired) electrons. The van der Waals surface area contributed by atoms with Crippen molar-refractivity contribution in [1.82, 2.24) is 0 Å². The van der Waals surface area contributed by atoms with Gasteiger partial charge in [-0.05, 0) is 31.6 Å². The Morgan fingerprint density at radius 1 is 1.20 bits per heavy atom. The molecule has 0 bridgehead atoms. The molecule has 1 aliphatic carbocycles. The summed E-state index contributed by atoms with van der Waals surface area (Å²) in [5, 5.41) is 0. The standard InChI is InChI=1S/C10H18/c1-4-8-7-9(5-2)10(8)6-3/h8H,4-7H2,1-3H3. The fraction of sp³-hybridized carbons (Fsp3) is 0.800. The summed E-state index contributed by atoms with van der Waals surface area (Å²) in [6.07, 6.45) is 5.34. The SMILES string of the molecule is CCC1=C(CC)C(CC)C1. The van der Waals surface area contributed by atoms with Crippen molar-refractivity contribution in [2.24, 2.45) is 5.92 Å². The van der Waals surface area contributed by atoms with Crippen LogP contribution in [0.5, 0.6) is 0 Å². The van der Waals surface area contributed by atoms with E-state index in [0.717, 1.165) is 5.92 Å². The quantitative estimate of drug-likeness (QED) is 0.523. The molecule has 1 rings (SSSR count). The van der Waals surface area contributed by atoms with Gasteiger partial charge in [-0.15, -0.1) is 0 Å². The van der Waals surface area contributed by atoms with E-state index in [1.807, 2.05) is 0 Å². The van der Waals surface area contributed by atoms with Crippen LogP contribution in [0.3, 0.4) is 0 Å². The summed E-state index contributed by atoms with van der Waals surface area (Å²) in [4.78, 5) is 0. The molecule has 0 aromatic carbocycles. The van der Waals surface area contributed by atoms with E-state index in [9.17, 15) is 0 Å². The van der Waals surface area contributed by atoms with Gasteiger partial charge in [0.25, 0.3) is 0 Å². The third-order valence-electron chi connectivity index (χ3n) is 2.74. The number of allylic oxidation sites excluding steroid dienone is 2. The molecule has 10 heavy (non-hydrogen) atoms. The van der Waals surface area contributed by atoms with Gasteiger partial charge in [-0.2, -0.15) is 0 Å². The molecule has 0 fully saturated rings. The van der Waals surface area contributed by atoms with E-state index in [2.05, 4.69) is 20.8 Å². The first-order valence-corrected chi connectivity index (χ1v) is 4.54. The van der Waals surface area contributed by atoms with Crippen molar-refractivity contribution >= 4 is 0 Å². The molecule has 0 saturated heterocycles. The van der Waals surface area contributed by atoms with Crippen LogP contribution in [0.15, 0.2) is 11.1 Å². The maximum atomic E-state index is 2.30. The highest BCUT2D eigenvalue weighted by molar-refractivity contribution is 5.27. The van der Waals surface area contributed by atoms with Crippen LogP contribution >= 0.6 is 0 Å². The second-order valence-corrected chi connectivity index (χ2v) is 3.15. The largest absolute Gasteiger partial charge is 0.0704 e. The van der Waals surface area contributed by atoms with Crippen LogP contribution in [-0.4, -0.2) is 0 Å². The summed E-state index contributed by atoms with van der Waals surface area (Å²) < 4.78 is 0. The van der Waals surface area contributed by atoms with E-state index in [4.69, 9.17) is 0 Å². The molecule has 0 saturated carbocycles. The molecule has 0 heterocycles. The number of rotatable bonds is 3. The van der Waals surface area contributed by atoms with E-state index < -0.39 is 0 Å². The van der Waals surface area contributed by atoms with Crippen molar-refractivity contribution in [3.05, 3.63) is 11.1 Å². The lowest BCUT2D eigenvalue weighted by molar-refractivity contribution is 0.485. The average molecular weight is 138 g/mol. The summed E-state index contributed by atoms with van der Waals surface area (Å²) in [5.41, 5.74) is 3.51. The van der Waals surface area contributed by atoms with Crippen LogP contribution in [0.1, 0.15) is 46.5 Å². The maximum Gasteiger partial charge on any atom is -0.0166 e. The zero-order chi connectivity index (χ0) is 7.56. The zero-order valence-corrected chi connectivity index (χ0v) is 7.41. The van der Waals surface area contributed by atoms with Gasteiger partial charge in [-0.25, -0.2) is 0 Å². The van der Waals surface area contributed by atoms with E-state index in [1.54, 1.807) is 11.1 Å². The van der Waals surface area contributed by atoms with Gasteiger partial charge in [0.1, 0.15) is 0 Å². The molecule has 0 aromatic rings. The molecule has 1 unspecified atom stereocenters. The van der Waals surface area contributed by atoms with Crippen LogP contribution in [0.25, 0.3) is 0 Å². The Morgan fingerprint density at radius 3 is 2.30 bits per heavy atom. The lowest BCUT2D eigenvalue weighted by atomic mass is 9.74. The average Bonchev–Trinajstić information content (AvgIpc) is 1.89. The predicted octanol–water partition coefficient (Wildman–Crippen LogP) is 3.53. The topological polar surface area (TPSA) is 0 Å². The molecule has 0 nitrogen and oxygen atoms in total. The summed E-state index contributed by atoms with van der Waals surface area (Å²) in [5.74, 6) is 0.958. The minimum atomic E-state index is 0.958. The summed E-state index contributed by atoms with van der Waals surface area (Å²) in [7, 11) is 0. The summed E-state index contributed by atoms with van der Waals surface area (Å²) >= 11 is 0. The Bertz CT molecular complexity index is 142. The predicted molar refractivity (Wildman–Crippen MR) is 46.0 cm³/mol. The number of hydrogen-bond donors (Lipinski definition) is 0. The highest BCUT2D eigenvalue weighted by atomic mass is 14.3. The first-order chi connectivity index (χ1) is 4.83. The van der Waals surface area contributed by atoms with E-state index in [-0.39, 0.29) is 0 Å². The van der Waals surface area contributed by atoms with E-state index in [1.165, 1.54) is 25.7 Å². The molecule has 1 aliphatic rings. The van der Waals surface area contributed by atoms with Crippen molar-refractivity contribution in [3.8, 4) is 0 Å². The van der Waals surface area contributed by atoms with Crippen molar-refractivity contribution < 1.29 is 0 Å². The summed E-state index contributed by atoms with van der Waals surface area (Å²) in [6.45, 7) is 6.86. The van der Waals surface area contributed by atoms with Crippen LogP contribution in [0, 0.1) is 5.92 Å². The number of hydrogen-bond acceptors (Lipinski definition) is 0. The normalized spacial score (nSPS) is 24.9. The summed E-state index contributed by atoms with van der Waals surface area (Å²) in [6, 6.07) is 0. The highest BCUT2D eigenvalue weighted by Gasteiger charge is 2.24. The Labute approximate surface area is 64.3 Å². The van der Waals surface area contributed by atoms with E-state index >= 15 is 0 Å². The monoisotopic (exact) mass is 138 g/mol. The highest BCUT2D eigenvalue weighted by Crippen LogP contribution is 2.40. The van der Waals surface area contributed by atoms with Crippen LogP contribution < -0.4 is 0 Å². The fourth-order valence-electron chi connectivity index (χ4n) is 2.01. The Morgan fingerprint density at radius 2 is 1.90 bits per heavy atom. The Balaban J connectivity index is 2.56. The van der Waals surface area contributed by atoms with Crippen molar-refractivity contribution in [2.75, 3.05) is 0 Å². The van der Waals surface area contributed by atoms with Crippen molar-refractivity contribution in [3.63, 3.8) is 0 Å². The fourth-order valence-corrected chi connectivity index (χ4v) is 2.01. The lowest BCUT2D eigenvalue weighted by Crippen LogP contribution is -2.16. The molecule has 0 amide bonds. The van der Waals surface area contributed by atoms with Crippen LogP contribution in [0.2, 0.25) is 0 Å². The smallest absolute Gasteiger partial charge is 0.0166 e. The second kappa shape index (κ2) is 3.23. The molecule has 58 valence electrons. The van der Waals surface area contributed by atoms with Crippen molar-refractivity contribution in [2.45, 2.75) is 46.5 Å². The molecular formula is C10H18. The first-order valence-electron chi connectivity index (χ1n) is 4.54. The van der Waals surface area contributed by atoms with Gasteiger partial charge >= 0.3 is 0 Å². The molecule has 0 heteroatoms. The van der Waals surface area contributed by atoms with Gasteiger partial charge < -0.3 is 0 Å². The first kappa shape index (κ1) is 7.84. The minimum Gasteiger partial charge on any atom is -0.0704 e. The van der Waals surface area contributed by atoms with Gasteiger partial charge in [0.2, 0.25) is 0 Å². The Hall–Kier alpha value is -0.260.